The zero-order valence-corrected chi connectivity index (χ0v) is 48.5. The molecule has 15 unspecified atom stereocenters. The van der Waals surface area contributed by atoms with Gasteiger partial charge in [-0.1, -0.05) is 38.1 Å². The van der Waals surface area contributed by atoms with E-state index in [1.807, 2.05) is 4.90 Å². The summed E-state index contributed by atoms with van der Waals surface area (Å²) in [6, 6.07) is 16.0. The van der Waals surface area contributed by atoms with Gasteiger partial charge in [0.15, 0.2) is 34.7 Å². The highest BCUT2D eigenvalue weighted by molar-refractivity contribution is 6.32. The molecule has 0 radical (unpaired) electrons. The topological polar surface area (TPSA) is 217 Å². The third kappa shape index (κ3) is 9.14. The van der Waals surface area contributed by atoms with Crippen molar-refractivity contribution >= 4 is 40.6 Å². The van der Waals surface area contributed by atoms with E-state index in [0.29, 0.717) is 112 Å². The second-order valence-corrected chi connectivity index (χ2v) is 27.2. The number of nitrogens with zero attached hydrogens (tertiary/aromatic N) is 2. The van der Waals surface area contributed by atoms with E-state index in [4.69, 9.17) is 9.47 Å². The summed E-state index contributed by atoms with van der Waals surface area (Å²) < 4.78 is 12.7. The average Bonchev–Trinajstić information content (AvgIpc) is 3.50. The maximum atomic E-state index is 14.7. The van der Waals surface area contributed by atoms with Gasteiger partial charge in [0.25, 0.3) is 0 Å². The summed E-state index contributed by atoms with van der Waals surface area (Å²) in [5, 5.41) is 38.1. The number of aromatic hydroxyl groups is 1. The number of likely N-dealkylation sites (N-methyl/N-ethyl adjacent to an activating group) is 1. The Hall–Kier alpha value is -5.61. The van der Waals surface area contributed by atoms with Crippen LogP contribution < -0.4 is 14.8 Å². The van der Waals surface area contributed by atoms with Crippen molar-refractivity contribution in [2.75, 3.05) is 47.1 Å². The number of ether oxygens (including phenoxy) is 2. The molecule has 4 N–H and O–H groups in total. The number of amides is 1. The van der Waals surface area contributed by atoms with Gasteiger partial charge < -0.3 is 30.1 Å². The fourth-order valence-corrected chi connectivity index (χ4v) is 18.5. The van der Waals surface area contributed by atoms with Gasteiger partial charge in [0.2, 0.25) is 5.91 Å². The maximum Gasteiger partial charge on any atom is 0.239 e. The van der Waals surface area contributed by atoms with Crippen LogP contribution >= 0.6 is 0 Å². The Balaban J connectivity index is 0.700. The minimum atomic E-state index is -2.91. The number of aliphatic hydroxyl groups is 2. The van der Waals surface area contributed by atoms with E-state index in [-0.39, 0.29) is 35.0 Å². The number of aryl methyl sites for hydroxylation is 2. The van der Waals surface area contributed by atoms with Crippen LogP contribution in [0.4, 0.5) is 0 Å². The first kappa shape index (κ1) is 56.9. The number of rotatable bonds is 16. The minimum absolute atomic E-state index is 0.0372. The fourth-order valence-electron chi connectivity index (χ4n) is 18.5. The zero-order valence-electron chi connectivity index (χ0n) is 48.5. The van der Waals surface area contributed by atoms with Crippen molar-refractivity contribution in [3.05, 3.63) is 88.0 Å². The highest BCUT2D eigenvalue weighted by Crippen LogP contribution is 2.62. The fraction of sp³-hybridized carbons (Fsp3) is 0.627. The Labute approximate surface area is 481 Å². The first-order valence-corrected chi connectivity index (χ1v) is 30.9. The Bertz CT molecular complexity index is 3000. The number of unbranched alkanes of at least 4 members (excludes halogenated alkanes) is 2. The quantitative estimate of drug-likeness (QED) is 0.0608. The van der Waals surface area contributed by atoms with Crippen molar-refractivity contribution in [1.29, 1.82) is 0 Å². The van der Waals surface area contributed by atoms with Gasteiger partial charge in [-0.05, 0) is 224 Å². The van der Waals surface area contributed by atoms with Crippen LogP contribution in [-0.4, -0.2) is 124 Å². The Morgan fingerprint density at radius 3 is 1.74 bits per heavy atom. The van der Waals surface area contributed by atoms with Crippen molar-refractivity contribution in [2.24, 2.45) is 58.2 Å². The van der Waals surface area contributed by atoms with Gasteiger partial charge in [-0.2, -0.15) is 0 Å². The zero-order chi connectivity index (χ0) is 57.8. The molecule has 3 aromatic rings. The molecule has 15 atom stereocenters. The van der Waals surface area contributed by atoms with Crippen LogP contribution in [0.1, 0.15) is 167 Å². The van der Waals surface area contributed by atoms with Crippen molar-refractivity contribution < 1.29 is 58.4 Å². The van der Waals surface area contributed by atoms with E-state index >= 15 is 0 Å². The SMILES string of the molecule is CN(C)C1C(=O)C(C(=O)NCN(CCCCOc2ccc3c(c2)CCC2C3CCC3(C)C(=O)CCC23)CCCCOc2ccc3c(c2)CCC2C3CCC3(C)C(=O)CCC23)C(=O)C2(O)C(=O)C3C(=O)c4c(O)cccc4C(C)(O)C3CC12. The summed E-state index contributed by atoms with van der Waals surface area (Å²) in [6.07, 6.45) is 14.2. The summed E-state index contributed by atoms with van der Waals surface area (Å²) in [6.45, 7) is 7.83. The number of benzene rings is 3. The second kappa shape index (κ2) is 21.5. The van der Waals surface area contributed by atoms with Crippen molar-refractivity contribution in [3.63, 3.8) is 0 Å². The number of ketones is 6. The van der Waals surface area contributed by atoms with Gasteiger partial charge in [-0.15, -0.1) is 0 Å². The van der Waals surface area contributed by atoms with Crippen molar-refractivity contribution in [3.8, 4) is 17.2 Å². The molecule has 15 heteroatoms. The summed E-state index contributed by atoms with van der Waals surface area (Å²) >= 11 is 0. The predicted molar refractivity (Wildman–Crippen MR) is 304 cm³/mol. The van der Waals surface area contributed by atoms with E-state index in [9.17, 15) is 48.9 Å². The van der Waals surface area contributed by atoms with Crippen LogP contribution in [0.3, 0.4) is 0 Å². The highest BCUT2D eigenvalue weighted by atomic mass is 16.5. The van der Waals surface area contributed by atoms with Crippen LogP contribution in [0.25, 0.3) is 0 Å². The van der Waals surface area contributed by atoms with E-state index in [1.165, 1.54) is 52.3 Å². The molecule has 82 heavy (non-hydrogen) atoms. The molecule has 1 amide bonds. The minimum Gasteiger partial charge on any atom is -0.507 e. The molecule has 0 aromatic heterocycles. The molecule has 0 bridgehead atoms. The number of nitrogens with one attached hydrogen (secondary N) is 1. The maximum absolute atomic E-state index is 14.7. The molecule has 6 fully saturated rings. The smallest absolute Gasteiger partial charge is 0.239 e. The molecule has 0 spiro atoms. The molecule has 0 saturated heterocycles. The number of phenolic OH excluding ortho intramolecular Hbond substituents is 1. The third-order valence-electron chi connectivity index (χ3n) is 22.9. The van der Waals surface area contributed by atoms with Crippen LogP contribution in [-0.2, 0) is 47.2 Å². The lowest BCUT2D eigenvalue weighted by Gasteiger charge is -2.55. The van der Waals surface area contributed by atoms with Gasteiger partial charge >= 0.3 is 0 Å². The first-order chi connectivity index (χ1) is 39.2. The Kier molecular flexibility index (Phi) is 14.9. The van der Waals surface area contributed by atoms with E-state index in [1.54, 1.807) is 14.1 Å². The third-order valence-corrected chi connectivity index (χ3v) is 22.9. The van der Waals surface area contributed by atoms with Crippen molar-refractivity contribution in [1.82, 2.24) is 15.1 Å². The number of carbonyl (C=O) groups is 7. The van der Waals surface area contributed by atoms with Gasteiger partial charge in [0.1, 0.15) is 28.8 Å². The standard InChI is InChI=1S/C67H83N3O12/c1-64-27-25-43-41-19-15-39(33-37(41)13-17-45(43)47(64)21-23-53(64)72)81-31-8-6-29-70(30-7-9-32-82-40-16-20-42-38(34-40)14-18-46-44(42)26-28-65(2)48(46)22-24-54(65)73)36-68-63(78)57-60(75)58(69(4)5)51-35-50-56(61(76)67(51,80)62(57)77)59(74)55-49(66(50,3)79)11-10-12-52(55)71/h10-12,15-16,19-20,33-34,43-48,50-51,56-58,71,79-80H,6-9,13-14,17-18,21-32,35-36H2,1-5H3,(H,68,78). The molecule has 0 aliphatic heterocycles. The molecule has 0 heterocycles. The van der Waals surface area contributed by atoms with E-state index in [0.717, 1.165) is 75.7 Å². The van der Waals surface area contributed by atoms with Gasteiger partial charge in [0, 0.05) is 35.5 Å². The summed E-state index contributed by atoms with van der Waals surface area (Å²) in [5.41, 5.74) is 0.264. The van der Waals surface area contributed by atoms with Gasteiger partial charge in [-0.3, -0.25) is 43.4 Å². The molecule has 12 rings (SSSR count). The average molecular weight is 1120 g/mol. The lowest BCUT2D eigenvalue weighted by atomic mass is 9.49. The van der Waals surface area contributed by atoms with Crippen LogP contribution in [0.15, 0.2) is 54.6 Å². The molecule has 438 valence electrons. The first-order valence-electron chi connectivity index (χ1n) is 30.9. The summed E-state index contributed by atoms with van der Waals surface area (Å²) in [4.78, 5) is 102. The number of hydrogen-bond acceptors (Lipinski definition) is 14. The van der Waals surface area contributed by atoms with E-state index < -0.39 is 75.7 Å². The number of hydrogen-bond donors (Lipinski definition) is 4. The molecule has 3 aromatic carbocycles. The largest absolute Gasteiger partial charge is 0.507 e. The van der Waals surface area contributed by atoms with Crippen LogP contribution in [0.2, 0.25) is 0 Å². The second-order valence-electron chi connectivity index (χ2n) is 27.2. The van der Waals surface area contributed by atoms with E-state index in [2.05, 4.69) is 55.6 Å². The van der Waals surface area contributed by atoms with Crippen LogP contribution in [0, 0.1) is 58.2 Å². The van der Waals surface area contributed by atoms with Crippen LogP contribution in [0.5, 0.6) is 17.2 Å². The number of fused-ring (bicyclic) bond motifs is 13. The normalized spacial score (nSPS) is 36.1. The molecule has 15 nitrogen and oxygen atoms in total. The molecule has 6 saturated carbocycles. The summed E-state index contributed by atoms with van der Waals surface area (Å²) in [5.74, 6) is -6.20. The number of Topliss-reactive ketones (excluding diaryl/α,β-unsaturated/α-hetero) is 6. The molecule has 9 aliphatic rings. The van der Waals surface area contributed by atoms with Gasteiger partial charge in [0.05, 0.1) is 43.0 Å². The lowest BCUT2D eigenvalue weighted by molar-refractivity contribution is -0.188. The van der Waals surface area contributed by atoms with Crippen molar-refractivity contribution in [2.45, 2.75) is 159 Å². The lowest BCUT2D eigenvalue weighted by Crippen LogP contribution is -2.75. The Morgan fingerprint density at radius 1 is 0.659 bits per heavy atom. The monoisotopic (exact) mass is 1120 g/mol. The number of phenols is 1. The Morgan fingerprint density at radius 2 is 1.21 bits per heavy atom. The van der Waals surface area contributed by atoms with Gasteiger partial charge in [-0.25, -0.2) is 0 Å². The molecular formula is C67H83N3O12. The summed E-state index contributed by atoms with van der Waals surface area (Å²) in [7, 11) is 3.13. The highest BCUT2D eigenvalue weighted by Gasteiger charge is 2.72. The number of carbonyl (C=O) groups excluding carboxylic acids is 7. The molecule has 9 aliphatic carbocycles. The predicted octanol–water partition coefficient (Wildman–Crippen LogP) is 7.99. The molecular weight excluding hydrogens is 1040 g/mol.